The number of ketones is 1. The maximum atomic E-state index is 13.5. The first-order chi connectivity index (χ1) is 8.37. The third kappa shape index (κ3) is 2.87. The van der Waals surface area contributed by atoms with Crippen molar-refractivity contribution in [3.63, 3.8) is 0 Å². The first kappa shape index (κ1) is 13.0. The Labute approximate surface area is 105 Å². The summed E-state index contributed by atoms with van der Waals surface area (Å²) in [4.78, 5) is 11.0. The van der Waals surface area contributed by atoms with Crippen molar-refractivity contribution in [2.24, 2.45) is 0 Å². The Kier molecular flexibility index (Phi) is 3.38. The Hall–Kier alpha value is -1.43. The molecule has 2 rings (SSSR count). The van der Waals surface area contributed by atoms with Crippen LogP contribution in [0.5, 0.6) is 5.75 Å². The van der Waals surface area contributed by atoms with E-state index in [0.29, 0.717) is 6.42 Å². The summed E-state index contributed by atoms with van der Waals surface area (Å²) in [5.41, 5.74) is 0.00129. The lowest BCUT2D eigenvalue weighted by Crippen LogP contribution is -2.17. The molecule has 1 heterocycles. The van der Waals surface area contributed by atoms with E-state index in [-0.39, 0.29) is 28.6 Å². The minimum atomic E-state index is -3.02. The number of benzene rings is 1. The van der Waals surface area contributed by atoms with Gasteiger partial charge in [0.2, 0.25) is 0 Å². The van der Waals surface area contributed by atoms with Crippen molar-refractivity contribution >= 4 is 15.6 Å². The zero-order valence-corrected chi connectivity index (χ0v) is 10.7. The Balaban J connectivity index is 2.12. The molecule has 1 atom stereocenters. The van der Waals surface area contributed by atoms with E-state index in [1.165, 1.54) is 19.1 Å². The fourth-order valence-electron chi connectivity index (χ4n) is 1.90. The molecule has 0 bridgehead atoms. The second-order valence-electron chi connectivity index (χ2n) is 4.34. The van der Waals surface area contributed by atoms with Crippen LogP contribution >= 0.6 is 0 Å². The van der Waals surface area contributed by atoms with E-state index in [0.717, 1.165) is 6.07 Å². The van der Waals surface area contributed by atoms with Gasteiger partial charge in [-0.15, -0.1) is 0 Å². The van der Waals surface area contributed by atoms with Gasteiger partial charge in [-0.1, -0.05) is 0 Å². The van der Waals surface area contributed by atoms with Gasteiger partial charge < -0.3 is 4.74 Å². The highest BCUT2D eigenvalue weighted by Gasteiger charge is 2.29. The summed E-state index contributed by atoms with van der Waals surface area (Å²) in [7, 11) is -3.02. The van der Waals surface area contributed by atoms with E-state index in [1.807, 2.05) is 0 Å². The van der Waals surface area contributed by atoms with Crippen LogP contribution in [-0.4, -0.2) is 31.8 Å². The fourth-order valence-corrected chi connectivity index (χ4v) is 3.49. The molecule has 98 valence electrons. The molecule has 0 aliphatic carbocycles. The van der Waals surface area contributed by atoms with E-state index in [9.17, 15) is 17.6 Å². The summed E-state index contributed by atoms with van der Waals surface area (Å²) in [5, 5.41) is 0. The van der Waals surface area contributed by atoms with Crippen molar-refractivity contribution in [1.82, 2.24) is 0 Å². The number of rotatable bonds is 3. The summed E-state index contributed by atoms with van der Waals surface area (Å²) in [6, 6.07) is 3.93. The highest BCUT2D eigenvalue weighted by atomic mass is 32.2. The van der Waals surface area contributed by atoms with Crippen molar-refractivity contribution in [2.45, 2.75) is 19.4 Å². The van der Waals surface area contributed by atoms with Crippen LogP contribution in [0, 0.1) is 5.82 Å². The van der Waals surface area contributed by atoms with Crippen molar-refractivity contribution < 1.29 is 22.3 Å². The summed E-state index contributed by atoms with van der Waals surface area (Å²) < 4.78 is 41.4. The lowest BCUT2D eigenvalue weighted by Gasteiger charge is -2.12. The van der Waals surface area contributed by atoms with Gasteiger partial charge in [0.25, 0.3) is 0 Å². The lowest BCUT2D eigenvalue weighted by molar-refractivity contribution is 0.101. The smallest absolute Gasteiger partial charge is 0.162 e. The number of hydrogen-bond acceptors (Lipinski definition) is 4. The molecule has 18 heavy (non-hydrogen) atoms. The van der Waals surface area contributed by atoms with E-state index < -0.39 is 21.8 Å². The molecule has 1 saturated heterocycles. The fraction of sp³-hybridized carbons (Fsp3) is 0.417. The molecule has 0 spiro atoms. The van der Waals surface area contributed by atoms with E-state index in [4.69, 9.17) is 4.74 Å². The van der Waals surface area contributed by atoms with Crippen LogP contribution in [0.1, 0.15) is 23.7 Å². The Morgan fingerprint density at radius 3 is 2.67 bits per heavy atom. The van der Waals surface area contributed by atoms with Crippen LogP contribution in [0.15, 0.2) is 18.2 Å². The van der Waals surface area contributed by atoms with Crippen LogP contribution in [0.25, 0.3) is 0 Å². The Bertz CT molecular complexity index is 580. The van der Waals surface area contributed by atoms with Crippen LogP contribution in [0.2, 0.25) is 0 Å². The molecule has 0 radical (unpaired) electrons. The third-order valence-corrected chi connectivity index (χ3v) is 4.55. The van der Waals surface area contributed by atoms with Crippen molar-refractivity contribution in [3.8, 4) is 5.75 Å². The Morgan fingerprint density at radius 2 is 2.17 bits per heavy atom. The van der Waals surface area contributed by atoms with Gasteiger partial charge in [0.15, 0.2) is 15.6 Å². The second kappa shape index (κ2) is 4.68. The lowest BCUT2D eigenvalue weighted by atomic mass is 10.1. The molecular formula is C12H13FO4S. The molecule has 4 nitrogen and oxygen atoms in total. The van der Waals surface area contributed by atoms with Crippen LogP contribution in [0.4, 0.5) is 4.39 Å². The number of Topliss-reactive ketones (excluding diaryl/α,β-unsaturated/α-hetero) is 1. The molecule has 1 fully saturated rings. The third-order valence-electron chi connectivity index (χ3n) is 2.81. The first-order valence-electron chi connectivity index (χ1n) is 5.55. The molecule has 0 N–H and O–H groups in total. The standard InChI is InChI=1S/C12H13FO4S/c1-8(14)11-3-2-9(6-12(11)13)17-10-4-5-18(15,16)7-10/h2-3,6,10H,4-5,7H2,1H3. The van der Waals surface area contributed by atoms with E-state index in [2.05, 4.69) is 0 Å². The monoisotopic (exact) mass is 272 g/mol. The van der Waals surface area contributed by atoms with Crippen LogP contribution in [0.3, 0.4) is 0 Å². The van der Waals surface area contributed by atoms with Gasteiger partial charge in [-0.3, -0.25) is 4.79 Å². The van der Waals surface area contributed by atoms with E-state index in [1.54, 1.807) is 0 Å². The number of ether oxygens (including phenoxy) is 1. The van der Waals surface area contributed by atoms with Crippen molar-refractivity contribution in [1.29, 1.82) is 0 Å². The molecule has 1 aliphatic rings. The SMILES string of the molecule is CC(=O)c1ccc(OC2CCS(=O)(=O)C2)cc1F. The summed E-state index contributed by atoms with van der Waals surface area (Å²) in [5.74, 6) is -0.697. The molecule has 6 heteroatoms. The molecule has 0 aromatic heterocycles. The van der Waals surface area contributed by atoms with Gasteiger partial charge in [-0.25, -0.2) is 12.8 Å². The highest BCUT2D eigenvalue weighted by Crippen LogP contribution is 2.22. The molecule has 0 saturated carbocycles. The first-order valence-corrected chi connectivity index (χ1v) is 7.37. The van der Waals surface area contributed by atoms with Gasteiger partial charge in [0, 0.05) is 6.07 Å². The van der Waals surface area contributed by atoms with Gasteiger partial charge in [0.05, 0.1) is 17.1 Å². The molecular weight excluding hydrogens is 259 g/mol. The van der Waals surface area contributed by atoms with Crippen LogP contribution in [-0.2, 0) is 9.84 Å². The second-order valence-corrected chi connectivity index (χ2v) is 6.57. The number of hydrogen-bond donors (Lipinski definition) is 0. The molecule has 0 amide bonds. The maximum Gasteiger partial charge on any atom is 0.162 e. The maximum absolute atomic E-state index is 13.5. The Morgan fingerprint density at radius 1 is 1.44 bits per heavy atom. The van der Waals surface area contributed by atoms with Gasteiger partial charge in [-0.05, 0) is 25.5 Å². The van der Waals surface area contributed by atoms with Crippen molar-refractivity contribution in [3.05, 3.63) is 29.6 Å². The zero-order chi connectivity index (χ0) is 13.3. The average Bonchev–Trinajstić information content (AvgIpc) is 2.57. The molecule has 1 aromatic rings. The molecule has 1 aliphatic heterocycles. The van der Waals surface area contributed by atoms with E-state index >= 15 is 0 Å². The minimum absolute atomic E-state index is 0.00129. The van der Waals surface area contributed by atoms with Crippen LogP contribution < -0.4 is 4.74 Å². The molecule has 1 unspecified atom stereocenters. The molecule has 1 aromatic carbocycles. The van der Waals surface area contributed by atoms with Gasteiger partial charge >= 0.3 is 0 Å². The summed E-state index contributed by atoms with van der Waals surface area (Å²) in [6.07, 6.45) is -0.0177. The van der Waals surface area contributed by atoms with Crippen molar-refractivity contribution in [2.75, 3.05) is 11.5 Å². The predicted molar refractivity (Wildman–Crippen MR) is 64.1 cm³/mol. The minimum Gasteiger partial charge on any atom is -0.489 e. The number of halogens is 1. The topological polar surface area (TPSA) is 60.4 Å². The number of sulfone groups is 1. The predicted octanol–water partition coefficient (Wildman–Crippen LogP) is 1.59. The van der Waals surface area contributed by atoms with Gasteiger partial charge in [-0.2, -0.15) is 0 Å². The zero-order valence-electron chi connectivity index (χ0n) is 9.85. The summed E-state index contributed by atoms with van der Waals surface area (Å²) in [6.45, 7) is 1.28. The summed E-state index contributed by atoms with van der Waals surface area (Å²) >= 11 is 0. The number of carbonyl (C=O) groups is 1. The number of carbonyl (C=O) groups excluding carboxylic acids is 1. The largest absolute Gasteiger partial charge is 0.489 e. The quantitative estimate of drug-likeness (QED) is 0.784. The van der Waals surface area contributed by atoms with Gasteiger partial charge in [0.1, 0.15) is 17.7 Å². The highest BCUT2D eigenvalue weighted by molar-refractivity contribution is 7.91. The normalized spacial score (nSPS) is 21.8. The average molecular weight is 272 g/mol.